The summed E-state index contributed by atoms with van der Waals surface area (Å²) in [5.41, 5.74) is 9.17. The van der Waals surface area contributed by atoms with E-state index in [4.69, 9.17) is 15.7 Å². The van der Waals surface area contributed by atoms with E-state index in [9.17, 15) is 0 Å². The average Bonchev–Trinajstić information content (AvgIpc) is 2.42. The van der Waals surface area contributed by atoms with Gasteiger partial charge in [-0.3, -0.25) is 0 Å². The van der Waals surface area contributed by atoms with E-state index >= 15 is 0 Å². The van der Waals surface area contributed by atoms with E-state index in [2.05, 4.69) is 20.8 Å². The zero-order valence-electron chi connectivity index (χ0n) is 12.6. The molecule has 1 aliphatic carbocycles. The number of hydrogen-bond donors (Lipinski definition) is 1. The van der Waals surface area contributed by atoms with Crippen LogP contribution in [0.25, 0.3) is 0 Å². The summed E-state index contributed by atoms with van der Waals surface area (Å²) < 4.78 is 0. The Morgan fingerprint density at radius 3 is 2.42 bits per heavy atom. The molecule has 106 valence electrons. The minimum atomic E-state index is 0.572. The second kappa shape index (κ2) is 6.47. The molecule has 0 saturated heterocycles. The molecule has 2 N–H and O–H groups in total. The van der Waals surface area contributed by atoms with Gasteiger partial charge in [-0.05, 0) is 51.1 Å². The summed E-state index contributed by atoms with van der Waals surface area (Å²) >= 11 is 0. The van der Waals surface area contributed by atoms with Crippen LogP contribution in [0, 0.1) is 19.8 Å². The van der Waals surface area contributed by atoms with Gasteiger partial charge in [0, 0.05) is 17.3 Å². The number of aryl methyl sites for hydroxylation is 2. The highest BCUT2D eigenvalue weighted by Gasteiger charge is 2.24. The largest absolute Gasteiger partial charge is 0.330 e. The maximum absolute atomic E-state index is 5.66. The Morgan fingerprint density at radius 1 is 1.16 bits per heavy atom. The van der Waals surface area contributed by atoms with Crippen LogP contribution in [0.15, 0.2) is 0 Å². The second-order valence-electron chi connectivity index (χ2n) is 5.91. The molecule has 3 heteroatoms. The molecule has 0 radical (unpaired) electrons. The molecule has 19 heavy (non-hydrogen) atoms. The van der Waals surface area contributed by atoms with Gasteiger partial charge in [0.15, 0.2) is 0 Å². The van der Waals surface area contributed by atoms with Gasteiger partial charge in [0.2, 0.25) is 0 Å². The van der Waals surface area contributed by atoms with Crippen LogP contribution < -0.4 is 5.73 Å². The summed E-state index contributed by atoms with van der Waals surface area (Å²) in [5.74, 6) is 2.52. The van der Waals surface area contributed by atoms with Crippen molar-refractivity contribution in [3.05, 3.63) is 22.8 Å². The van der Waals surface area contributed by atoms with E-state index in [1.807, 2.05) is 0 Å². The van der Waals surface area contributed by atoms with E-state index < -0.39 is 0 Å². The first-order valence-corrected chi connectivity index (χ1v) is 7.69. The molecule has 3 nitrogen and oxygen atoms in total. The minimum Gasteiger partial charge on any atom is -0.330 e. The van der Waals surface area contributed by atoms with Crippen LogP contribution in [-0.4, -0.2) is 16.5 Å². The Hall–Kier alpha value is -0.960. The summed E-state index contributed by atoms with van der Waals surface area (Å²) in [6.07, 6.45) is 7.42. The van der Waals surface area contributed by atoms with E-state index in [0.29, 0.717) is 12.5 Å². The fourth-order valence-electron chi connectivity index (χ4n) is 3.35. The van der Waals surface area contributed by atoms with Gasteiger partial charge in [-0.2, -0.15) is 0 Å². The predicted molar refractivity (Wildman–Crippen MR) is 79.3 cm³/mol. The monoisotopic (exact) mass is 261 g/mol. The van der Waals surface area contributed by atoms with Gasteiger partial charge in [0.1, 0.15) is 5.82 Å². The molecule has 1 heterocycles. The van der Waals surface area contributed by atoms with Crippen LogP contribution in [-0.2, 0) is 6.42 Å². The van der Waals surface area contributed by atoms with Gasteiger partial charge in [-0.1, -0.05) is 26.2 Å². The third kappa shape index (κ3) is 3.33. The molecular formula is C16H27N3. The SMILES string of the molecule is CCC1CCCC(c2nc(C)c(CCN)c(C)n2)C1. The quantitative estimate of drug-likeness (QED) is 0.905. The number of aromatic nitrogens is 2. The first-order valence-electron chi connectivity index (χ1n) is 7.69. The molecule has 1 aliphatic rings. The van der Waals surface area contributed by atoms with Crippen LogP contribution in [0.5, 0.6) is 0 Å². The standard InChI is InChI=1S/C16H27N3/c1-4-13-6-5-7-14(10-13)16-18-11(2)15(8-9-17)12(3)19-16/h13-14H,4-10,17H2,1-3H3. The van der Waals surface area contributed by atoms with Crippen molar-refractivity contribution in [1.29, 1.82) is 0 Å². The lowest BCUT2D eigenvalue weighted by atomic mass is 9.79. The minimum absolute atomic E-state index is 0.572. The number of nitrogens with two attached hydrogens (primary N) is 1. The first-order chi connectivity index (χ1) is 9.15. The van der Waals surface area contributed by atoms with Gasteiger partial charge >= 0.3 is 0 Å². The lowest BCUT2D eigenvalue weighted by Gasteiger charge is -2.28. The maximum atomic E-state index is 5.66. The molecular weight excluding hydrogens is 234 g/mol. The molecule has 1 aromatic rings. The molecule has 2 atom stereocenters. The Morgan fingerprint density at radius 2 is 1.84 bits per heavy atom. The molecule has 0 aromatic carbocycles. The highest BCUT2D eigenvalue weighted by atomic mass is 14.9. The fourth-order valence-corrected chi connectivity index (χ4v) is 3.35. The normalized spacial score (nSPS) is 23.6. The van der Waals surface area contributed by atoms with E-state index in [-0.39, 0.29) is 0 Å². The Balaban J connectivity index is 2.21. The number of nitrogens with zero attached hydrogens (tertiary/aromatic N) is 2. The van der Waals surface area contributed by atoms with Crippen LogP contribution in [0.1, 0.15) is 67.7 Å². The molecule has 0 bridgehead atoms. The summed E-state index contributed by atoms with van der Waals surface area (Å²) in [5, 5.41) is 0. The maximum Gasteiger partial charge on any atom is 0.131 e. The first kappa shape index (κ1) is 14.4. The van der Waals surface area contributed by atoms with Gasteiger partial charge in [-0.15, -0.1) is 0 Å². The predicted octanol–water partition coefficient (Wildman–Crippen LogP) is 3.28. The molecule has 0 amide bonds. The number of rotatable bonds is 4. The van der Waals surface area contributed by atoms with E-state index in [0.717, 1.165) is 29.6 Å². The van der Waals surface area contributed by atoms with Crippen LogP contribution >= 0.6 is 0 Å². The molecule has 0 spiro atoms. The van der Waals surface area contributed by atoms with Crippen molar-refractivity contribution < 1.29 is 0 Å². The summed E-state index contributed by atoms with van der Waals surface area (Å²) in [6.45, 7) is 7.17. The van der Waals surface area contributed by atoms with Crippen LogP contribution in [0.2, 0.25) is 0 Å². The lowest BCUT2D eigenvalue weighted by molar-refractivity contribution is 0.306. The van der Waals surface area contributed by atoms with Crippen molar-refractivity contribution in [2.24, 2.45) is 11.7 Å². The van der Waals surface area contributed by atoms with Crippen molar-refractivity contribution in [2.75, 3.05) is 6.54 Å². The molecule has 0 aliphatic heterocycles. The van der Waals surface area contributed by atoms with E-state index in [1.165, 1.54) is 37.7 Å². The number of hydrogen-bond acceptors (Lipinski definition) is 3. The average molecular weight is 261 g/mol. The van der Waals surface area contributed by atoms with Gasteiger partial charge in [0.05, 0.1) is 0 Å². The zero-order chi connectivity index (χ0) is 13.8. The third-order valence-corrected chi connectivity index (χ3v) is 4.56. The molecule has 1 aromatic heterocycles. The Labute approximate surface area is 117 Å². The van der Waals surface area contributed by atoms with Gasteiger partial charge in [-0.25, -0.2) is 9.97 Å². The Kier molecular flexibility index (Phi) is 4.92. The molecule has 2 unspecified atom stereocenters. The van der Waals surface area contributed by atoms with Gasteiger partial charge < -0.3 is 5.73 Å². The third-order valence-electron chi connectivity index (χ3n) is 4.56. The van der Waals surface area contributed by atoms with Crippen molar-refractivity contribution in [2.45, 2.75) is 65.2 Å². The highest BCUT2D eigenvalue weighted by Crippen LogP contribution is 2.36. The summed E-state index contributed by atoms with van der Waals surface area (Å²) in [6, 6.07) is 0. The smallest absolute Gasteiger partial charge is 0.131 e. The summed E-state index contributed by atoms with van der Waals surface area (Å²) in [4.78, 5) is 9.56. The lowest BCUT2D eigenvalue weighted by Crippen LogP contribution is -2.18. The van der Waals surface area contributed by atoms with Crippen molar-refractivity contribution in [1.82, 2.24) is 9.97 Å². The zero-order valence-corrected chi connectivity index (χ0v) is 12.6. The summed E-state index contributed by atoms with van der Waals surface area (Å²) in [7, 11) is 0. The van der Waals surface area contributed by atoms with Crippen molar-refractivity contribution in [3.63, 3.8) is 0 Å². The van der Waals surface area contributed by atoms with Crippen molar-refractivity contribution >= 4 is 0 Å². The van der Waals surface area contributed by atoms with Crippen LogP contribution in [0.4, 0.5) is 0 Å². The van der Waals surface area contributed by atoms with Gasteiger partial charge in [0.25, 0.3) is 0 Å². The van der Waals surface area contributed by atoms with Crippen LogP contribution in [0.3, 0.4) is 0 Å². The molecule has 2 rings (SSSR count). The van der Waals surface area contributed by atoms with Crippen molar-refractivity contribution in [3.8, 4) is 0 Å². The van der Waals surface area contributed by atoms with E-state index in [1.54, 1.807) is 0 Å². The second-order valence-corrected chi connectivity index (χ2v) is 5.91. The topological polar surface area (TPSA) is 51.8 Å². The molecule has 1 fully saturated rings. The highest BCUT2D eigenvalue weighted by molar-refractivity contribution is 5.25. The fraction of sp³-hybridized carbons (Fsp3) is 0.750. The molecule has 1 saturated carbocycles. The Bertz CT molecular complexity index is 405.